The Bertz CT molecular complexity index is 520. The van der Waals surface area contributed by atoms with E-state index in [1.807, 2.05) is 31.3 Å². The molecule has 0 saturated carbocycles. The van der Waals surface area contributed by atoms with Gasteiger partial charge in [-0.05, 0) is 42.3 Å². The zero-order valence-corrected chi connectivity index (χ0v) is 12.9. The number of halogens is 3. The van der Waals surface area contributed by atoms with Crippen molar-refractivity contribution in [3.8, 4) is 0 Å². The molecule has 1 unspecified atom stereocenters. The van der Waals surface area contributed by atoms with E-state index in [4.69, 9.17) is 23.2 Å². The van der Waals surface area contributed by atoms with Crippen molar-refractivity contribution >= 4 is 39.1 Å². The molecule has 1 aromatic heterocycles. The summed E-state index contributed by atoms with van der Waals surface area (Å²) in [6, 6.07) is 9.67. The summed E-state index contributed by atoms with van der Waals surface area (Å²) in [6.07, 6.45) is 2.68. The highest BCUT2D eigenvalue weighted by atomic mass is 79.9. The third-order valence-corrected chi connectivity index (χ3v) is 3.90. The van der Waals surface area contributed by atoms with Gasteiger partial charge in [0.05, 0.1) is 0 Å². The number of hydrogen-bond donors (Lipinski definition) is 0. The van der Waals surface area contributed by atoms with Crippen LogP contribution in [0.5, 0.6) is 0 Å². The summed E-state index contributed by atoms with van der Waals surface area (Å²) in [5, 5.41) is 1.30. The molecule has 2 aromatic rings. The van der Waals surface area contributed by atoms with Crippen molar-refractivity contribution in [2.24, 2.45) is 0 Å². The van der Waals surface area contributed by atoms with Gasteiger partial charge in [-0.15, -0.1) is 0 Å². The first kappa shape index (κ1) is 13.9. The number of aryl methyl sites for hydroxylation is 1. The van der Waals surface area contributed by atoms with Crippen molar-refractivity contribution in [3.05, 3.63) is 63.4 Å². The first-order chi connectivity index (χ1) is 8.54. The van der Waals surface area contributed by atoms with Crippen molar-refractivity contribution < 1.29 is 0 Å². The molecule has 0 radical (unpaired) electrons. The van der Waals surface area contributed by atoms with Crippen LogP contribution in [-0.4, -0.2) is 4.98 Å². The predicted octanol–water partition coefficient (Wildman–Crippen LogP) is 5.38. The molecule has 0 aliphatic carbocycles. The van der Waals surface area contributed by atoms with Crippen molar-refractivity contribution in [3.63, 3.8) is 0 Å². The monoisotopic (exact) mass is 343 g/mol. The van der Waals surface area contributed by atoms with Gasteiger partial charge in [0.15, 0.2) is 0 Å². The lowest BCUT2D eigenvalue weighted by atomic mass is 10.1. The average molecular weight is 345 g/mol. The SMILES string of the molecule is Cc1ccc(CC(Br)c2cc(Cl)cc(Cl)c2)nc1. The quantitative estimate of drug-likeness (QED) is 0.681. The zero-order valence-electron chi connectivity index (χ0n) is 9.83. The molecule has 0 amide bonds. The molecule has 94 valence electrons. The number of aromatic nitrogens is 1. The van der Waals surface area contributed by atoms with Crippen molar-refractivity contribution in [1.29, 1.82) is 0 Å². The van der Waals surface area contributed by atoms with E-state index in [1.54, 1.807) is 6.07 Å². The van der Waals surface area contributed by atoms with Crippen LogP contribution in [0.1, 0.15) is 21.6 Å². The van der Waals surface area contributed by atoms with Gasteiger partial charge >= 0.3 is 0 Å². The van der Waals surface area contributed by atoms with E-state index < -0.39 is 0 Å². The third-order valence-electron chi connectivity index (χ3n) is 2.61. The maximum absolute atomic E-state index is 6.00. The third kappa shape index (κ3) is 3.71. The Morgan fingerprint density at radius 3 is 2.39 bits per heavy atom. The largest absolute Gasteiger partial charge is 0.261 e. The van der Waals surface area contributed by atoms with E-state index in [2.05, 4.69) is 27.0 Å². The highest BCUT2D eigenvalue weighted by molar-refractivity contribution is 9.09. The van der Waals surface area contributed by atoms with E-state index in [-0.39, 0.29) is 4.83 Å². The highest BCUT2D eigenvalue weighted by Crippen LogP contribution is 2.30. The van der Waals surface area contributed by atoms with Crippen LogP contribution < -0.4 is 0 Å². The van der Waals surface area contributed by atoms with Gasteiger partial charge in [0, 0.05) is 33.2 Å². The molecule has 1 heterocycles. The predicted molar refractivity (Wildman–Crippen MR) is 80.8 cm³/mol. The fourth-order valence-electron chi connectivity index (χ4n) is 1.68. The summed E-state index contributed by atoms with van der Waals surface area (Å²) >= 11 is 15.6. The van der Waals surface area contributed by atoms with Crippen LogP contribution in [0.4, 0.5) is 0 Å². The standard InChI is InChI=1S/C14H12BrCl2N/c1-9-2-3-13(18-8-9)7-14(15)10-4-11(16)6-12(17)5-10/h2-6,8,14H,7H2,1H3. The molecule has 0 spiro atoms. The van der Waals surface area contributed by atoms with Gasteiger partial charge in [-0.25, -0.2) is 0 Å². The minimum atomic E-state index is 0.156. The molecular formula is C14H12BrCl2N. The maximum Gasteiger partial charge on any atom is 0.0451 e. The Balaban J connectivity index is 2.16. The van der Waals surface area contributed by atoms with Gasteiger partial charge in [-0.3, -0.25) is 4.98 Å². The van der Waals surface area contributed by atoms with E-state index in [0.29, 0.717) is 10.0 Å². The van der Waals surface area contributed by atoms with Crippen molar-refractivity contribution in [2.45, 2.75) is 18.2 Å². The summed E-state index contributed by atoms with van der Waals surface area (Å²) in [5.41, 5.74) is 3.27. The second kappa shape index (κ2) is 6.05. The van der Waals surface area contributed by atoms with Crippen molar-refractivity contribution in [2.75, 3.05) is 0 Å². The molecular weight excluding hydrogens is 333 g/mol. The maximum atomic E-state index is 6.00. The second-order valence-corrected chi connectivity index (χ2v) is 6.18. The number of pyridine rings is 1. The van der Waals surface area contributed by atoms with E-state index in [0.717, 1.165) is 23.2 Å². The molecule has 0 N–H and O–H groups in total. The number of alkyl halides is 1. The average Bonchev–Trinajstić information content (AvgIpc) is 2.31. The first-order valence-electron chi connectivity index (χ1n) is 5.56. The lowest BCUT2D eigenvalue weighted by molar-refractivity contribution is 0.902. The molecule has 18 heavy (non-hydrogen) atoms. The van der Waals surface area contributed by atoms with E-state index >= 15 is 0 Å². The Kier molecular flexibility index (Phi) is 4.66. The number of rotatable bonds is 3. The lowest BCUT2D eigenvalue weighted by Gasteiger charge is -2.11. The van der Waals surface area contributed by atoms with Crippen LogP contribution in [0.15, 0.2) is 36.5 Å². The molecule has 1 atom stereocenters. The Morgan fingerprint density at radius 1 is 1.17 bits per heavy atom. The molecule has 1 aromatic carbocycles. The Labute approximate surface area is 125 Å². The fourth-order valence-corrected chi connectivity index (χ4v) is 2.82. The van der Waals surface area contributed by atoms with Gasteiger partial charge in [0.25, 0.3) is 0 Å². The van der Waals surface area contributed by atoms with Gasteiger partial charge in [0.2, 0.25) is 0 Å². The normalized spacial score (nSPS) is 12.4. The summed E-state index contributed by atoms with van der Waals surface area (Å²) in [4.78, 5) is 4.55. The van der Waals surface area contributed by atoms with Crippen LogP contribution in [0.25, 0.3) is 0 Å². The Morgan fingerprint density at radius 2 is 1.83 bits per heavy atom. The smallest absolute Gasteiger partial charge is 0.0451 e. The molecule has 4 heteroatoms. The molecule has 0 fully saturated rings. The molecule has 1 nitrogen and oxygen atoms in total. The highest BCUT2D eigenvalue weighted by Gasteiger charge is 2.11. The van der Waals surface area contributed by atoms with Gasteiger partial charge in [0.1, 0.15) is 0 Å². The van der Waals surface area contributed by atoms with E-state index in [1.165, 1.54) is 0 Å². The van der Waals surface area contributed by atoms with Gasteiger partial charge < -0.3 is 0 Å². The summed E-state index contributed by atoms with van der Waals surface area (Å²) < 4.78 is 0. The molecule has 2 rings (SSSR count). The minimum Gasteiger partial charge on any atom is -0.261 e. The van der Waals surface area contributed by atoms with Crippen molar-refractivity contribution in [1.82, 2.24) is 4.98 Å². The summed E-state index contributed by atoms with van der Waals surface area (Å²) in [7, 11) is 0. The molecule has 0 bridgehead atoms. The molecule has 0 saturated heterocycles. The lowest BCUT2D eigenvalue weighted by Crippen LogP contribution is -1.98. The van der Waals surface area contributed by atoms with Crippen LogP contribution in [0, 0.1) is 6.92 Å². The fraction of sp³-hybridized carbons (Fsp3) is 0.214. The Hall–Kier alpha value is -0.570. The summed E-state index contributed by atoms with van der Waals surface area (Å²) in [5.74, 6) is 0. The van der Waals surface area contributed by atoms with Crippen LogP contribution in [-0.2, 0) is 6.42 Å². The molecule has 0 aliphatic heterocycles. The van der Waals surface area contributed by atoms with Crippen LogP contribution >= 0.6 is 39.1 Å². The first-order valence-corrected chi connectivity index (χ1v) is 7.23. The van der Waals surface area contributed by atoms with Crippen LogP contribution in [0.2, 0.25) is 10.0 Å². The number of nitrogens with zero attached hydrogens (tertiary/aromatic N) is 1. The topological polar surface area (TPSA) is 12.9 Å². The minimum absolute atomic E-state index is 0.156. The van der Waals surface area contributed by atoms with Gasteiger partial charge in [-0.1, -0.05) is 45.2 Å². The zero-order chi connectivity index (χ0) is 13.1. The number of hydrogen-bond acceptors (Lipinski definition) is 1. The second-order valence-electron chi connectivity index (χ2n) is 4.20. The number of benzene rings is 1. The van der Waals surface area contributed by atoms with Crippen LogP contribution in [0.3, 0.4) is 0 Å². The van der Waals surface area contributed by atoms with Gasteiger partial charge in [-0.2, -0.15) is 0 Å². The molecule has 0 aliphatic rings. The summed E-state index contributed by atoms with van der Waals surface area (Å²) in [6.45, 7) is 2.03. The van der Waals surface area contributed by atoms with E-state index in [9.17, 15) is 0 Å².